The molecule has 0 fully saturated rings. The van der Waals surface area contributed by atoms with Crippen molar-refractivity contribution in [3.8, 4) is 0 Å². The van der Waals surface area contributed by atoms with Crippen molar-refractivity contribution in [3.63, 3.8) is 0 Å². The number of nitrogens with zero attached hydrogens (tertiary/aromatic N) is 1. The third-order valence-electron chi connectivity index (χ3n) is 1.53. The Kier molecular flexibility index (Phi) is 2.93. The van der Waals surface area contributed by atoms with Crippen LogP contribution in [-0.2, 0) is 4.74 Å². The zero-order valence-electron chi connectivity index (χ0n) is 8.87. The molecule has 82 valence electrons. The van der Waals surface area contributed by atoms with Crippen LogP contribution in [0.4, 0.5) is 10.1 Å². The zero-order valence-corrected chi connectivity index (χ0v) is 8.87. The molecule has 0 saturated carbocycles. The molecular formula is C10H13FN2O2. The van der Waals surface area contributed by atoms with Gasteiger partial charge in [0.1, 0.15) is 11.2 Å². The molecule has 0 amide bonds. The minimum Gasteiger partial charge on any atom is -0.456 e. The second kappa shape index (κ2) is 3.84. The van der Waals surface area contributed by atoms with Gasteiger partial charge in [0.25, 0.3) is 0 Å². The Labute approximate surface area is 87.3 Å². The first-order valence-corrected chi connectivity index (χ1v) is 4.43. The molecule has 0 unspecified atom stereocenters. The zero-order chi connectivity index (χ0) is 11.6. The molecule has 0 radical (unpaired) electrons. The highest BCUT2D eigenvalue weighted by atomic mass is 19.1. The molecular weight excluding hydrogens is 199 g/mol. The number of rotatable bonds is 1. The van der Waals surface area contributed by atoms with Gasteiger partial charge >= 0.3 is 5.97 Å². The van der Waals surface area contributed by atoms with Crippen LogP contribution in [0.2, 0.25) is 0 Å². The topological polar surface area (TPSA) is 65.2 Å². The average molecular weight is 212 g/mol. The number of hydrogen-bond acceptors (Lipinski definition) is 4. The van der Waals surface area contributed by atoms with Crippen LogP contribution in [0.3, 0.4) is 0 Å². The van der Waals surface area contributed by atoms with E-state index < -0.39 is 17.4 Å². The fourth-order valence-corrected chi connectivity index (χ4v) is 0.994. The first-order chi connectivity index (χ1) is 6.81. The number of anilines is 1. The number of hydrogen-bond donors (Lipinski definition) is 1. The molecule has 0 aromatic carbocycles. The SMILES string of the molecule is CC(C)(C)OC(=O)c1c(N)cncc1F. The summed E-state index contributed by atoms with van der Waals surface area (Å²) in [5, 5.41) is 0. The maximum absolute atomic E-state index is 13.2. The minimum atomic E-state index is -0.778. The van der Waals surface area contributed by atoms with Crippen LogP contribution in [0.15, 0.2) is 12.4 Å². The average Bonchev–Trinajstić information content (AvgIpc) is 1.99. The summed E-state index contributed by atoms with van der Waals surface area (Å²) in [6, 6.07) is 0. The third kappa shape index (κ3) is 2.90. The summed E-state index contributed by atoms with van der Waals surface area (Å²) in [7, 11) is 0. The summed E-state index contributed by atoms with van der Waals surface area (Å²) in [5.41, 5.74) is 4.47. The van der Waals surface area contributed by atoms with Gasteiger partial charge in [0, 0.05) is 0 Å². The Hall–Kier alpha value is -1.65. The molecule has 4 nitrogen and oxygen atoms in total. The maximum Gasteiger partial charge on any atom is 0.343 e. The summed E-state index contributed by atoms with van der Waals surface area (Å²) >= 11 is 0. The van der Waals surface area contributed by atoms with E-state index in [9.17, 15) is 9.18 Å². The number of nitrogen functional groups attached to an aromatic ring is 1. The lowest BCUT2D eigenvalue weighted by atomic mass is 10.1. The van der Waals surface area contributed by atoms with Gasteiger partial charge in [0.15, 0.2) is 5.82 Å². The van der Waals surface area contributed by atoms with E-state index in [1.54, 1.807) is 20.8 Å². The molecule has 1 heterocycles. The largest absolute Gasteiger partial charge is 0.456 e. The number of pyridine rings is 1. The highest BCUT2D eigenvalue weighted by Crippen LogP contribution is 2.18. The lowest BCUT2D eigenvalue weighted by Crippen LogP contribution is -2.25. The predicted molar refractivity (Wildman–Crippen MR) is 53.8 cm³/mol. The Morgan fingerprint density at radius 2 is 2.07 bits per heavy atom. The smallest absolute Gasteiger partial charge is 0.343 e. The molecule has 15 heavy (non-hydrogen) atoms. The number of carbonyl (C=O) groups is 1. The number of carbonyl (C=O) groups excluding carboxylic acids is 1. The van der Waals surface area contributed by atoms with Crippen LogP contribution >= 0.6 is 0 Å². The summed E-state index contributed by atoms with van der Waals surface area (Å²) in [5.74, 6) is -1.55. The van der Waals surface area contributed by atoms with Crippen molar-refractivity contribution >= 4 is 11.7 Å². The van der Waals surface area contributed by atoms with Gasteiger partial charge in [-0.2, -0.15) is 0 Å². The summed E-state index contributed by atoms with van der Waals surface area (Å²) in [6.07, 6.45) is 2.14. The van der Waals surface area contributed by atoms with Gasteiger partial charge in [-0.25, -0.2) is 9.18 Å². The van der Waals surface area contributed by atoms with E-state index in [-0.39, 0.29) is 11.3 Å². The van der Waals surface area contributed by atoms with Crippen LogP contribution in [0.1, 0.15) is 31.1 Å². The quantitative estimate of drug-likeness (QED) is 0.720. The molecule has 0 saturated heterocycles. The Balaban J connectivity index is 3.02. The number of esters is 1. The second-order valence-electron chi connectivity index (χ2n) is 4.09. The van der Waals surface area contributed by atoms with Crippen LogP contribution < -0.4 is 5.73 Å². The van der Waals surface area contributed by atoms with Crippen molar-refractivity contribution in [2.24, 2.45) is 0 Å². The maximum atomic E-state index is 13.2. The Bertz CT molecular complexity index is 365. The highest BCUT2D eigenvalue weighted by Gasteiger charge is 2.22. The van der Waals surface area contributed by atoms with Crippen molar-refractivity contribution in [1.82, 2.24) is 4.98 Å². The fourth-order valence-electron chi connectivity index (χ4n) is 0.994. The molecule has 1 aromatic heterocycles. The molecule has 0 spiro atoms. The molecule has 1 aromatic rings. The summed E-state index contributed by atoms with van der Waals surface area (Å²) in [4.78, 5) is 15.0. The lowest BCUT2D eigenvalue weighted by Gasteiger charge is -2.19. The number of aromatic nitrogens is 1. The van der Waals surface area contributed by atoms with Gasteiger partial charge in [-0.3, -0.25) is 4.98 Å². The van der Waals surface area contributed by atoms with Gasteiger partial charge in [-0.05, 0) is 20.8 Å². The van der Waals surface area contributed by atoms with E-state index in [0.29, 0.717) is 0 Å². The van der Waals surface area contributed by atoms with E-state index in [0.717, 1.165) is 6.20 Å². The molecule has 0 aliphatic carbocycles. The number of nitrogens with two attached hydrogens (primary N) is 1. The molecule has 0 atom stereocenters. The molecule has 0 aliphatic heterocycles. The van der Waals surface area contributed by atoms with Crippen LogP contribution in [-0.4, -0.2) is 16.6 Å². The van der Waals surface area contributed by atoms with E-state index in [2.05, 4.69) is 4.98 Å². The number of ether oxygens (including phenoxy) is 1. The van der Waals surface area contributed by atoms with Crippen molar-refractivity contribution in [3.05, 3.63) is 23.8 Å². The monoisotopic (exact) mass is 212 g/mol. The molecule has 0 bridgehead atoms. The van der Waals surface area contributed by atoms with Gasteiger partial charge in [-0.1, -0.05) is 0 Å². The molecule has 0 aliphatic rings. The third-order valence-corrected chi connectivity index (χ3v) is 1.53. The fraction of sp³-hybridized carbons (Fsp3) is 0.400. The van der Waals surface area contributed by atoms with Crippen molar-refractivity contribution < 1.29 is 13.9 Å². The molecule has 5 heteroatoms. The first-order valence-electron chi connectivity index (χ1n) is 4.43. The van der Waals surface area contributed by atoms with Gasteiger partial charge in [0.05, 0.1) is 18.1 Å². The van der Waals surface area contributed by atoms with E-state index in [1.165, 1.54) is 6.20 Å². The highest BCUT2D eigenvalue weighted by molar-refractivity contribution is 5.95. The minimum absolute atomic E-state index is 0.0238. The van der Waals surface area contributed by atoms with Crippen LogP contribution in [0.5, 0.6) is 0 Å². The molecule has 1 rings (SSSR count). The van der Waals surface area contributed by atoms with E-state index in [1.807, 2.05) is 0 Å². The van der Waals surface area contributed by atoms with Crippen LogP contribution in [0.25, 0.3) is 0 Å². The van der Waals surface area contributed by atoms with Crippen LogP contribution in [0, 0.1) is 5.82 Å². The van der Waals surface area contributed by atoms with Gasteiger partial charge in [0.2, 0.25) is 0 Å². The summed E-state index contributed by atoms with van der Waals surface area (Å²) in [6.45, 7) is 5.08. The predicted octanol–water partition coefficient (Wildman–Crippen LogP) is 1.76. The van der Waals surface area contributed by atoms with E-state index in [4.69, 9.17) is 10.5 Å². The van der Waals surface area contributed by atoms with Crippen molar-refractivity contribution in [1.29, 1.82) is 0 Å². The standard InChI is InChI=1S/C10H13FN2O2/c1-10(2,3)15-9(14)8-6(11)4-13-5-7(8)12/h4-5H,12H2,1-3H3. The lowest BCUT2D eigenvalue weighted by molar-refractivity contribution is 0.00659. The molecule has 2 N–H and O–H groups in total. The van der Waals surface area contributed by atoms with Crippen molar-refractivity contribution in [2.45, 2.75) is 26.4 Å². The van der Waals surface area contributed by atoms with E-state index >= 15 is 0 Å². The Morgan fingerprint density at radius 1 is 1.47 bits per heavy atom. The van der Waals surface area contributed by atoms with Gasteiger partial charge in [-0.15, -0.1) is 0 Å². The van der Waals surface area contributed by atoms with Crippen molar-refractivity contribution in [2.75, 3.05) is 5.73 Å². The van der Waals surface area contributed by atoms with Gasteiger partial charge < -0.3 is 10.5 Å². The first kappa shape index (κ1) is 11.4. The second-order valence-corrected chi connectivity index (χ2v) is 4.09. The normalized spacial score (nSPS) is 11.2. The number of halogens is 1. The summed E-state index contributed by atoms with van der Waals surface area (Å²) < 4.78 is 18.2. The Morgan fingerprint density at radius 3 is 2.53 bits per heavy atom.